The summed E-state index contributed by atoms with van der Waals surface area (Å²) in [6.07, 6.45) is 3.59. The Morgan fingerprint density at radius 3 is 2.76 bits per heavy atom. The van der Waals surface area contributed by atoms with Crippen molar-refractivity contribution in [3.8, 4) is 0 Å². The molecule has 2 N–H and O–H groups in total. The number of rotatable bonds is 4. The number of nitrogens with zero attached hydrogens (tertiary/aromatic N) is 1. The van der Waals surface area contributed by atoms with Crippen molar-refractivity contribution in [1.82, 2.24) is 10.3 Å². The minimum atomic E-state index is -3.02. The van der Waals surface area contributed by atoms with E-state index in [4.69, 9.17) is 0 Å². The van der Waals surface area contributed by atoms with Gasteiger partial charge < -0.3 is 10.6 Å². The number of aryl methyl sites for hydroxylation is 1. The number of benzene rings is 1. The Morgan fingerprint density at radius 1 is 1.24 bits per heavy atom. The van der Waals surface area contributed by atoms with Gasteiger partial charge in [0.15, 0.2) is 9.84 Å². The molecule has 1 amide bonds. The number of nitrogens with one attached hydrogen (secondary N) is 2. The van der Waals surface area contributed by atoms with Crippen LogP contribution in [0.3, 0.4) is 0 Å². The highest BCUT2D eigenvalue weighted by Crippen LogP contribution is 2.23. The number of hydrogen-bond donors (Lipinski definition) is 2. The Bertz CT molecular complexity index is 910. The molecule has 0 aliphatic carbocycles. The van der Waals surface area contributed by atoms with Crippen molar-refractivity contribution in [3.05, 3.63) is 53.3 Å². The van der Waals surface area contributed by atoms with Gasteiger partial charge in [0.05, 0.1) is 29.0 Å². The van der Waals surface area contributed by atoms with Gasteiger partial charge in [0.25, 0.3) is 5.91 Å². The SMILES string of the molecule is Cc1cccc(Nc2cncc(C(=O)NC3CCS(=O)(=O)C3)c2)c1C. The van der Waals surface area contributed by atoms with Gasteiger partial charge in [-0.25, -0.2) is 8.42 Å². The molecule has 3 rings (SSSR count). The van der Waals surface area contributed by atoms with Gasteiger partial charge in [0.2, 0.25) is 0 Å². The van der Waals surface area contributed by atoms with E-state index in [9.17, 15) is 13.2 Å². The zero-order valence-electron chi connectivity index (χ0n) is 14.2. The van der Waals surface area contributed by atoms with Crippen molar-refractivity contribution in [1.29, 1.82) is 0 Å². The fourth-order valence-corrected chi connectivity index (χ4v) is 4.53. The molecule has 1 atom stereocenters. The third-order valence-electron chi connectivity index (χ3n) is 4.45. The van der Waals surface area contributed by atoms with Gasteiger partial charge in [-0.2, -0.15) is 0 Å². The highest BCUT2D eigenvalue weighted by Gasteiger charge is 2.29. The van der Waals surface area contributed by atoms with E-state index in [0.29, 0.717) is 17.7 Å². The van der Waals surface area contributed by atoms with E-state index in [0.717, 1.165) is 11.3 Å². The standard InChI is InChI=1S/C18H21N3O3S/c1-12-4-3-5-17(13(12)2)20-16-8-14(9-19-10-16)18(22)21-15-6-7-25(23,24)11-15/h3-5,8-10,15,20H,6-7,11H2,1-2H3,(H,21,22). The lowest BCUT2D eigenvalue weighted by atomic mass is 10.1. The molecule has 0 saturated carbocycles. The second-order valence-electron chi connectivity index (χ2n) is 6.41. The molecule has 6 nitrogen and oxygen atoms in total. The van der Waals surface area contributed by atoms with Crippen LogP contribution >= 0.6 is 0 Å². The maximum absolute atomic E-state index is 12.4. The van der Waals surface area contributed by atoms with Crippen molar-refractivity contribution in [3.63, 3.8) is 0 Å². The molecule has 25 heavy (non-hydrogen) atoms. The number of anilines is 2. The van der Waals surface area contributed by atoms with Gasteiger partial charge in [0.1, 0.15) is 0 Å². The fourth-order valence-electron chi connectivity index (χ4n) is 2.85. The molecular formula is C18H21N3O3S. The quantitative estimate of drug-likeness (QED) is 0.875. The first-order valence-corrected chi connectivity index (χ1v) is 9.96. The third-order valence-corrected chi connectivity index (χ3v) is 6.22. The molecule has 1 unspecified atom stereocenters. The minimum absolute atomic E-state index is 0.00654. The van der Waals surface area contributed by atoms with Gasteiger partial charge in [0, 0.05) is 17.9 Å². The minimum Gasteiger partial charge on any atom is -0.354 e. The average molecular weight is 359 g/mol. The molecule has 1 fully saturated rings. The Morgan fingerprint density at radius 2 is 2.04 bits per heavy atom. The summed E-state index contributed by atoms with van der Waals surface area (Å²) in [6, 6.07) is 7.37. The number of sulfone groups is 1. The average Bonchev–Trinajstić information content (AvgIpc) is 2.91. The molecule has 7 heteroatoms. The van der Waals surface area contributed by atoms with Gasteiger partial charge in [-0.05, 0) is 43.5 Å². The largest absolute Gasteiger partial charge is 0.354 e. The first-order valence-electron chi connectivity index (χ1n) is 8.14. The summed E-state index contributed by atoms with van der Waals surface area (Å²) in [7, 11) is -3.02. The van der Waals surface area contributed by atoms with Gasteiger partial charge >= 0.3 is 0 Å². The van der Waals surface area contributed by atoms with Crippen LogP contribution in [0.15, 0.2) is 36.7 Å². The molecule has 2 heterocycles. The Balaban J connectivity index is 1.73. The van der Waals surface area contributed by atoms with Crippen LogP contribution in [0.1, 0.15) is 27.9 Å². The molecule has 1 aromatic heterocycles. The summed E-state index contributed by atoms with van der Waals surface area (Å²) in [5, 5.41) is 6.05. The van der Waals surface area contributed by atoms with Crippen molar-refractivity contribution in [2.24, 2.45) is 0 Å². The topological polar surface area (TPSA) is 88.2 Å². The first-order chi connectivity index (χ1) is 11.8. The third kappa shape index (κ3) is 4.17. The number of hydrogen-bond acceptors (Lipinski definition) is 5. The molecule has 1 aliphatic rings. The van der Waals surface area contributed by atoms with Gasteiger partial charge in [-0.3, -0.25) is 9.78 Å². The van der Waals surface area contributed by atoms with Crippen molar-refractivity contribution >= 4 is 27.1 Å². The summed E-state index contributed by atoms with van der Waals surface area (Å²) in [5.41, 5.74) is 4.38. The lowest BCUT2D eigenvalue weighted by Crippen LogP contribution is -2.35. The number of aromatic nitrogens is 1. The van der Waals surface area contributed by atoms with E-state index >= 15 is 0 Å². The Hall–Kier alpha value is -2.41. The van der Waals surface area contributed by atoms with Crippen LogP contribution in [0.5, 0.6) is 0 Å². The van der Waals surface area contributed by atoms with Crippen LogP contribution in [0.2, 0.25) is 0 Å². The molecule has 1 aliphatic heterocycles. The molecule has 132 valence electrons. The molecular weight excluding hydrogens is 338 g/mol. The lowest BCUT2D eigenvalue weighted by Gasteiger charge is -2.13. The molecule has 0 spiro atoms. The second-order valence-corrected chi connectivity index (χ2v) is 8.64. The van der Waals surface area contributed by atoms with E-state index in [1.165, 1.54) is 11.8 Å². The van der Waals surface area contributed by atoms with Crippen molar-refractivity contribution < 1.29 is 13.2 Å². The van der Waals surface area contributed by atoms with Crippen LogP contribution in [-0.2, 0) is 9.84 Å². The zero-order chi connectivity index (χ0) is 18.0. The molecule has 2 aromatic rings. The molecule has 0 bridgehead atoms. The van der Waals surface area contributed by atoms with Crippen LogP contribution in [0, 0.1) is 13.8 Å². The van der Waals surface area contributed by atoms with Crippen LogP contribution < -0.4 is 10.6 Å². The summed E-state index contributed by atoms with van der Waals surface area (Å²) in [5.74, 6) is -0.170. The van der Waals surface area contributed by atoms with Crippen molar-refractivity contribution in [2.75, 3.05) is 16.8 Å². The lowest BCUT2D eigenvalue weighted by molar-refractivity contribution is 0.0941. The smallest absolute Gasteiger partial charge is 0.253 e. The first kappa shape index (κ1) is 17.4. The number of carbonyl (C=O) groups excluding carboxylic acids is 1. The monoisotopic (exact) mass is 359 g/mol. The van der Waals surface area contributed by atoms with Crippen LogP contribution in [0.4, 0.5) is 11.4 Å². The fraction of sp³-hybridized carbons (Fsp3) is 0.333. The Labute approximate surface area is 147 Å². The van der Waals surface area contributed by atoms with Gasteiger partial charge in [-0.1, -0.05) is 12.1 Å². The van der Waals surface area contributed by atoms with Gasteiger partial charge in [-0.15, -0.1) is 0 Å². The maximum Gasteiger partial charge on any atom is 0.253 e. The number of amides is 1. The summed E-state index contributed by atoms with van der Waals surface area (Å²) < 4.78 is 23.0. The summed E-state index contributed by atoms with van der Waals surface area (Å²) in [6.45, 7) is 4.07. The molecule has 0 radical (unpaired) electrons. The summed E-state index contributed by atoms with van der Waals surface area (Å²) in [4.78, 5) is 16.5. The van der Waals surface area contributed by atoms with E-state index in [1.807, 2.05) is 32.0 Å². The number of pyridine rings is 1. The zero-order valence-corrected chi connectivity index (χ0v) is 15.1. The normalized spacial score (nSPS) is 18.7. The summed E-state index contributed by atoms with van der Waals surface area (Å²) >= 11 is 0. The molecule has 1 aromatic carbocycles. The predicted octanol–water partition coefficient (Wildman–Crippen LogP) is 2.36. The number of carbonyl (C=O) groups is 1. The van der Waals surface area contributed by atoms with E-state index in [2.05, 4.69) is 15.6 Å². The van der Waals surface area contributed by atoms with Crippen LogP contribution in [-0.4, -0.2) is 36.9 Å². The maximum atomic E-state index is 12.4. The van der Waals surface area contributed by atoms with Crippen LogP contribution in [0.25, 0.3) is 0 Å². The molecule has 1 saturated heterocycles. The van der Waals surface area contributed by atoms with Crippen molar-refractivity contribution in [2.45, 2.75) is 26.3 Å². The van der Waals surface area contributed by atoms with E-state index in [-0.39, 0.29) is 23.5 Å². The Kier molecular flexibility index (Phi) is 4.76. The second kappa shape index (κ2) is 6.84. The predicted molar refractivity (Wildman–Crippen MR) is 98.0 cm³/mol. The highest BCUT2D eigenvalue weighted by atomic mass is 32.2. The van der Waals surface area contributed by atoms with E-state index < -0.39 is 9.84 Å². The van der Waals surface area contributed by atoms with E-state index in [1.54, 1.807) is 12.3 Å². The highest BCUT2D eigenvalue weighted by molar-refractivity contribution is 7.91.